The predicted molar refractivity (Wildman–Crippen MR) is 122 cm³/mol. The molecule has 33 heavy (non-hydrogen) atoms. The summed E-state index contributed by atoms with van der Waals surface area (Å²) in [5.41, 5.74) is 2.06. The van der Waals surface area contributed by atoms with Crippen molar-refractivity contribution in [2.75, 3.05) is 13.2 Å². The normalized spacial score (nSPS) is 19.3. The maximum atomic E-state index is 14.6. The van der Waals surface area contributed by atoms with Gasteiger partial charge in [0.25, 0.3) is 0 Å². The maximum absolute atomic E-state index is 14.6. The summed E-state index contributed by atoms with van der Waals surface area (Å²) in [6.45, 7) is 2.27. The first-order valence-corrected chi connectivity index (χ1v) is 11.1. The quantitative estimate of drug-likeness (QED) is 0.465. The van der Waals surface area contributed by atoms with Crippen molar-refractivity contribution in [2.24, 2.45) is 0 Å². The maximum Gasteiger partial charge on any atom is 0.411 e. The van der Waals surface area contributed by atoms with Gasteiger partial charge in [0.15, 0.2) is 0 Å². The van der Waals surface area contributed by atoms with E-state index in [1.807, 2.05) is 31.2 Å². The van der Waals surface area contributed by atoms with Gasteiger partial charge >= 0.3 is 6.09 Å². The molecule has 0 spiro atoms. The van der Waals surface area contributed by atoms with Crippen LogP contribution in [-0.4, -0.2) is 29.3 Å². The van der Waals surface area contributed by atoms with Crippen molar-refractivity contribution in [1.82, 2.24) is 4.90 Å². The van der Waals surface area contributed by atoms with Crippen LogP contribution in [0.1, 0.15) is 43.4 Å². The van der Waals surface area contributed by atoms with Crippen molar-refractivity contribution in [3.63, 3.8) is 0 Å². The van der Waals surface area contributed by atoms with Crippen LogP contribution in [0.15, 0.2) is 72.8 Å². The van der Waals surface area contributed by atoms with Crippen LogP contribution in [0, 0.1) is 11.6 Å². The van der Waals surface area contributed by atoms with Crippen LogP contribution in [0.4, 0.5) is 13.6 Å². The summed E-state index contributed by atoms with van der Waals surface area (Å²) in [6.07, 6.45) is 0.683. The van der Waals surface area contributed by atoms with Gasteiger partial charge in [-0.2, -0.15) is 0 Å². The lowest BCUT2D eigenvalue weighted by atomic mass is 9.84. The topological polar surface area (TPSA) is 49.8 Å². The number of cyclic esters (lactones) is 1. The summed E-state index contributed by atoms with van der Waals surface area (Å²) in [5.74, 6) is -0.695. The molecular formula is C27H27F2NO3. The summed E-state index contributed by atoms with van der Waals surface area (Å²) < 4.78 is 33.7. The number of nitrogens with zero attached hydrogens (tertiary/aromatic N) is 1. The number of aliphatic hydroxyl groups is 1. The van der Waals surface area contributed by atoms with E-state index in [0.29, 0.717) is 31.4 Å². The molecule has 0 aromatic heterocycles. The molecule has 3 aromatic rings. The molecule has 1 saturated heterocycles. The Morgan fingerprint density at radius 2 is 1.64 bits per heavy atom. The first-order valence-electron chi connectivity index (χ1n) is 11.1. The molecule has 0 saturated carbocycles. The van der Waals surface area contributed by atoms with Gasteiger partial charge in [-0.1, -0.05) is 54.6 Å². The van der Waals surface area contributed by atoms with Gasteiger partial charge in [-0.25, -0.2) is 13.6 Å². The van der Waals surface area contributed by atoms with Gasteiger partial charge in [-0.15, -0.1) is 0 Å². The number of amides is 1. The third-order valence-electron chi connectivity index (χ3n) is 6.42. The number of carbonyl (C=O) groups is 1. The molecule has 172 valence electrons. The largest absolute Gasteiger partial charge is 0.438 e. The highest BCUT2D eigenvalue weighted by Crippen LogP contribution is 2.41. The van der Waals surface area contributed by atoms with Crippen molar-refractivity contribution in [2.45, 2.75) is 37.8 Å². The summed E-state index contributed by atoms with van der Waals surface area (Å²) in [4.78, 5) is 14.7. The number of rotatable bonds is 7. The number of halogens is 2. The highest BCUT2D eigenvalue weighted by Gasteiger charge is 2.44. The van der Waals surface area contributed by atoms with Crippen molar-refractivity contribution < 1.29 is 23.4 Å². The Morgan fingerprint density at radius 3 is 2.24 bits per heavy atom. The summed E-state index contributed by atoms with van der Waals surface area (Å²) in [7, 11) is 0. The number of benzene rings is 3. The van der Waals surface area contributed by atoms with Crippen LogP contribution in [0.2, 0.25) is 0 Å². The zero-order chi connectivity index (χ0) is 23.4. The van der Waals surface area contributed by atoms with E-state index in [1.54, 1.807) is 35.2 Å². The molecule has 4 nitrogen and oxygen atoms in total. The molecule has 1 heterocycles. The van der Waals surface area contributed by atoms with E-state index in [-0.39, 0.29) is 18.5 Å². The number of aliphatic hydroxyl groups excluding tert-OH is 1. The van der Waals surface area contributed by atoms with Crippen LogP contribution < -0.4 is 0 Å². The van der Waals surface area contributed by atoms with Gasteiger partial charge in [-0.3, -0.25) is 0 Å². The number of hydrogen-bond acceptors (Lipinski definition) is 3. The third kappa shape index (κ3) is 4.76. The van der Waals surface area contributed by atoms with Gasteiger partial charge < -0.3 is 14.7 Å². The Kier molecular flexibility index (Phi) is 6.75. The first-order chi connectivity index (χ1) is 15.9. The molecule has 4 rings (SSSR count). The van der Waals surface area contributed by atoms with Crippen LogP contribution in [-0.2, 0) is 10.3 Å². The number of hydrogen-bond donors (Lipinski definition) is 1. The zero-order valence-corrected chi connectivity index (χ0v) is 18.5. The molecule has 6 heteroatoms. The fourth-order valence-electron chi connectivity index (χ4n) is 4.49. The molecule has 0 radical (unpaired) electrons. The second-order valence-electron chi connectivity index (χ2n) is 8.42. The van der Waals surface area contributed by atoms with E-state index < -0.39 is 17.5 Å². The van der Waals surface area contributed by atoms with Crippen LogP contribution in [0.3, 0.4) is 0 Å². The molecule has 1 aliphatic heterocycles. The Morgan fingerprint density at radius 1 is 1.00 bits per heavy atom. The Balaban J connectivity index is 1.52. The minimum Gasteiger partial charge on any atom is -0.438 e. The van der Waals surface area contributed by atoms with Crippen molar-refractivity contribution >= 4 is 6.09 Å². The minimum atomic E-state index is -1.09. The Hall–Kier alpha value is -3.25. The van der Waals surface area contributed by atoms with Gasteiger partial charge in [0.1, 0.15) is 17.2 Å². The molecule has 1 fully saturated rings. The van der Waals surface area contributed by atoms with Crippen LogP contribution in [0.25, 0.3) is 11.1 Å². The summed E-state index contributed by atoms with van der Waals surface area (Å²) >= 11 is 0. The smallest absolute Gasteiger partial charge is 0.411 e. The first kappa shape index (κ1) is 22.9. The van der Waals surface area contributed by atoms with E-state index >= 15 is 0 Å². The Labute approximate surface area is 192 Å². The lowest BCUT2D eigenvalue weighted by molar-refractivity contribution is -0.0697. The second kappa shape index (κ2) is 9.71. The monoisotopic (exact) mass is 451 g/mol. The Bertz CT molecular complexity index is 1100. The van der Waals surface area contributed by atoms with Crippen molar-refractivity contribution in [3.8, 4) is 11.1 Å². The molecular weight excluding hydrogens is 424 g/mol. The van der Waals surface area contributed by atoms with E-state index in [0.717, 1.165) is 16.7 Å². The third-order valence-corrected chi connectivity index (χ3v) is 6.42. The van der Waals surface area contributed by atoms with E-state index in [1.165, 1.54) is 18.2 Å². The average molecular weight is 452 g/mol. The molecule has 1 N–H and O–H groups in total. The minimum absolute atomic E-state index is 0.0612. The van der Waals surface area contributed by atoms with Crippen LogP contribution >= 0.6 is 0 Å². The van der Waals surface area contributed by atoms with Gasteiger partial charge in [0.05, 0.1) is 6.04 Å². The lowest BCUT2D eigenvalue weighted by Gasteiger charge is -2.43. The summed E-state index contributed by atoms with van der Waals surface area (Å²) in [6, 6.07) is 20.2. The SMILES string of the molecule is C[C@@H](c1ccc(-c2ccc(F)cc2)cc1)N1CC[C@@](CCCO)(c2ccccc2F)OC1=O. The highest BCUT2D eigenvalue weighted by atomic mass is 19.1. The fraction of sp³-hybridized carbons (Fsp3) is 0.296. The standard InChI is InChI=1S/C27H27F2NO3/c1-19(20-7-9-21(10-8-20)22-11-13-23(28)14-12-22)30-17-16-27(15-4-18-31,33-26(30)32)24-5-2-3-6-25(24)29/h2-3,5-14,19,31H,4,15-18H2,1H3/t19-,27-/m0/s1. The predicted octanol–water partition coefficient (Wildman–Crippen LogP) is 6.20. The van der Waals surface area contributed by atoms with Crippen molar-refractivity contribution in [3.05, 3.63) is 95.6 Å². The lowest BCUT2D eigenvalue weighted by Crippen LogP contribution is -2.49. The molecule has 0 unspecified atom stereocenters. The van der Waals surface area contributed by atoms with E-state index in [2.05, 4.69) is 0 Å². The average Bonchev–Trinajstić information content (AvgIpc) is 2.83. The van der Waals surface area contributed by atoms with Gasteiger partial charge in [0.2, 0.25) is 0 Å². The zero-order valence-electron chi connectivity index (χ0n) is 18.5. The highest BCUT2D eigenvalue weighted by molar-refractivity contribution is 5.70. The number of ether oxygens (including phenoxy) is 1. The van der Waals surface area contributed by atoms with Crippen molar-refractivity contribution in [1.29, 1.82) is 0 Å². The fourth-order valence-corrected chi connectivity index (χ4v) is 4.49. The molecule has 1 amide bonds. The van der Waals surface area contributed by atoms with Crippen LogP contribution in [0.5, 0.6) is 0 Å². The molecule has 2 atom stereocenters. The second-order valence-corrected chi connectivity index (χ2v) is 8.42. The number of carbonyl (C=O) groups excluding carboxylic acids is 1. The molecule has 3 aromatic carbocycles. The summed E-state index contributed by atoms with van der Waals surface area (Å²) in [5, 5.41) is 9.34. The molecule has 0 aliphatic carbocycles. The van der Waals surface area contributed by atoms with Gasteiger partial charge in [-0.05, 0) is 54.7 Å². The molecule has 1 aliphatic rings. The van der Waals surface area contributed by atoms with E-state index in [9.17, 15) is 18.7 Å². The van der Waals surface area contributed by atoms with Gasteiger partial charge in [0, 0.05) is 25.1 Å². The molecule has 0 bridgehead atoms. The van der Waals surface area contributed by atoms with E-state index in [4.69, 9.17) is 4.74 Å².